The Bertz CT molecular complexity index is 606. The minimum atomic E-state index is -0.572. The van der Waals surface area contributed by atoms with Crippen LogP contribution >= 0.6 is 0 Å². The van der Waals surface area contributed by atoms with Gasteiger partial charge in [-0.1, -0.05) is 12.1 Å². The largest absolute Gasteiger partial charge is 0.465 e. The lowest BCUT2D eigenvalue weighted by Gasteiger charge is -2.28. The topological polar surface area (TPSA) is 58.6 Å². The number of benzene rings is 1. The van der Waals surface area contributed by atoms with E-state index in [1.54, 1.807) is 26.0 Å². The van der Waals surface area contributed by atoms with Crippen LogP contribution in [0.2, 0.25) is 0 Å². The van der Waals surface area contributed by atoms with Crippen LogP contribution in [0.1, 0.15) is 45.6 Å². The molecular formula is C20H29FN2O3. The van der Waals surface area contributed by atoms with E-state index in [0.29, 0.717) is 19.4 Å². The van der Waals surface area contributed by atoms with Crippen molar-refractivity contribution in [3.05, 3.63) is 35.6 Å². The third-order valence-electron chi connectivity index (χ3n) is 4.86. The van der Waals surface area contributed by atoms with Gasteiger partial charge in [-0.3, -0.25) is 14.9 Å². The number of amides is 1. The Morgan fingerprint density at radius 1 is 1.35 bits per heavy atom. The quantitative estimate of drug-likeness (QED) is 0.722. The summed E-state index contributed by atoms with van der Waals surface area (Å²) < 4.78 is 18.2. The van der Waals surface area contributed by atoms with Crippen molar-refractivity contribution in [1.82, 2.24) is 10.2 Å². The highest BCUT2D eigenvalue weighted by atomic mass is 18.2. The van der Waals surface area contributed by atoms with E-state index in [0.717, 1.165) is 24.9 Å². The molecule has 1 saturated heterocycles. The van der Waals surface area contributed by atoms with Crippen molar-refractivity contribution in [2.45, 2.75) is 64.6 Å². The summed E-state index contributed by atoms with van der Waals surface area (Å²) >= 11 is 0. The molecule has 1 heterocycles. The van der Waals surface area contributed by atoms with E-state index < -0.39 is 12.1 Å². The van der Waals surface area contributed by atoms with Crippen LogP contribution in [0.5, 0.6) is 0 Å². The number of nitrogens with zero attached hydrogens (tertiary/aromatic N) is 1. The van der Waals surface area contributed by atoms with Gasteiger partial charge in [0, 0.05) is 12.6 Å². The molecule has 1 aliphatic rings. The molecule has 0 aliphatic carbocycles. The van der Waals surface area contributed by atoms with Gasteiger partial charge in [-0.2, -0.15) is 0 Å². The standard InChI is InChI=1S/C20H29FN2O3/c1-4-26-20(25)18(12-9-16-7-10-17(21)11-8-16)22-15(3)19(24)23-13-5-6-14(23)2/h7-8,10-11,14-15,18,22H,4-6,9,12-13H2,1-3H3/t14-,15+,18+/m1/s1/i21-1. The Balaban J connectivity index is 1.98. The minimum absolute atomic E-state index is 0.0195. The van der Waals surface area contributed by atoms with Gasteiger partial charge in [-0.15, -0.1) is 0 Å². The molecule has 0 bridgehead atoms. The van der Waals surface area contributed by atoms with Crippen LogP contribution in [0.3, 0.4) is 0 Å². The monoisotopic (exact) mass is 363 g/mol. The number of rotatable bonds is 8. The summed E-state index contributed by atoms with van der Waals surface area (Å²) in [6, 6.07) is 5.43. The summed E-state index contributed by atoms with van der Waals surface area (Å²) in [7, 11) is 0. The molecule has 26 heavy (non-hydrogen) atoms. The van der Waals surface area contributed by atoms with Crippen LogP contribution in [-0.4, -0.2) is 48.1 Å². The molecule has 6 heteroatoms. The molecule has 0 aromatic heterocycles. The SMILES string of the molecule is CCOC(=O)[C@H](CCc1ccc([18F])cc1)N[C@@H](C)C(=O)N1CCC[C@H]1C. The van der Waals surface area contributed by atoms with Gasteiger partial charge in [-0.05, 0) is 64.2 Å². The Morgan fingerprint density at radius 3 is 2.62 bits per heavy atom. The summed E-state index contributed by atoms with van der Waals surface area (Å²) in [6.07, 6.45) is 3.12. The summed E-state index contributed by atoms with van der Waals surface area (Å²) in [4.78, 5) is 26.8. The molecule has 3 atom stereocenters. The van der Waals surface area contributed by atoms with Gasteiger partial charge in [0.25, 0.3) is 0 Å². The smallest absolute Gasteiger partial charge is 0.323 e. The number of hydrogen-bond acceptors (Lipinski definition) is 4. The van der Waals surface area contributed by atoms with Crippen molar-refractivity contribution in [3.8, 4) is 0 Å². The van der Waals surface area contributed by atoms with Crippen LogP contribution in [0.4, 0.5) is 4.39 Å². The fourth-order valence-corrected chi connectivity index (χ4v) is 3.36. The molecule has 0 radical (unpaired) electrons. The van der Waals surface area contributed by atoms with Crippen molar-refractivity contribution in [2.24, 2.45) is 0 Å². The second-order valence-corrected chi connectivity index (χ2v) is 6.88. The number of halogens is 1. The maximum atomic E-state index is 13.0. The van der Waals surface area contributed by atoms with Crippen molar-refractivity contribution < 1.29 is 18.7 Å². The van der Waals surface area contributed by atoms with E-state index in [9.17, 15) is 14.0 Å². The number of likely N-dealkylation sites (tertiary alicyclic amines) is 1. The minimum Gasteiger partial charge on any atom is -0.465 e. The fraction of sp³-hybridized carbons (Fsp3) is 0.600. The van der Waals surface area contributed by atoms with Gasteiger partial charge < -0.3 is 9.64 Å². The van der Waals surface area contributed by atoms with Crippen molar-refractivity contribution in [1.29, 1.82) is 0 Å². The number of hydrogen-bond donors (Lipinski definition) is 1. The molecule has 1 fully saturated rings. The molecule has 1 aromatic carbocycles. The summed E-state index contributed by atoms with van der Waals surface area (Å²) in [6.45, 7) is 6.66. The summed E-state index contributed by atoms with van der Waals surface area (Å²) in [5.41, 5.74) is 0.939. The van der Waals surface area contributed by atoms with Gasteiger partial charge in [0.15, 0.2) is 0 Å². The highest BCUT2D eigenvalue weighted by molar-refractivity contribution is 5.83. The maximum absolute atomic E-state index is 13.0. The number of carbonyl (C=O) groups is 2. The van der Waals surface area contributed by atoms with Crippen LogP contribution in [0.25, 0.3) is 0 Å². The van der Waals surface area contributed by atoms with Gasteiger partial charge in [0.2, 0.25) is 5.91 Å². The van der Waals surface area contributed by atoms with Gasteiger partial charge in [-0.25, -0.2) is 4.39 Å². The number of esters is 1. The van der Waals surface area contributed by atoms with Crippen molar-refractivity contribution in [3.63, 3.8) is 0 Å². The highest BCUT2D eigenvalue weighted by Crippen LogP contribution is 2.18. The Hall–Kier alpha value is -1.95. The van der Waals surface area contributed by atoms with Crippen molar-refractivity contribution >= 4 is 11.9 Å². The zero-order valence-corrected chi connectivity index (χ0v) is 15.8. The lowest BCUT2D eigenvalue weighted by Crippen LogP contribution is -2.51. The van der Waals surface area contributed by atoms with Crippen LogP contribution in [0.15, 0.2) is 24.3 Å². The first-order valence-electron chi connectivity index (χ1n) is 9.40. The first-order valence-corrected chi connectivity index (χ1v) is 9.40. The summed E-state index contributed by atoms with van der Waals surface area (Å²) in [5.74, 6) is -0.623. The zero-order valence-electron chi connectivity index (χ0n) is 15.8. The molecule has 0 saturated carbocycles. The number of ether oxygens (including phenoxy) is 1. The molecular weight excluding hydrogens is 334 g/mol. The second kappa shape index (κ2) is 9.67. The van der Waals surface area contributed by atoms with Crippen LogP contribution < -0.4 is 5.32 Å². The molecule has 144 valence electrons. The lowest BCUT2D eigenvalue weighted by molar-refractivity contribution is -0.146. The second-order valence-electron chi connectivity index (χ2n) is 6.88. The number of carbonyl (C=O) groups excluding carboxylic acids is 2. The average Bonchev–Trinajstić information content (AvgIpc) is 3.05. The normalized spacial score (nSPS) is 19.2. The molecule has 1 amide bonds. The van der Waals surface area contributed by atoms with Crippen molar-refractivity contribution in [2.75, 3.05) is 13.2 Å². The number of aryl methyl sites for hydroxylation is 1. The molecule has 0 unspecified atom stereocenters. The van der Waals surface area contributed by atoms with E-state index in [2.05, 4.69) is 12.2 Å². The summed E-state index contributed by atoms with van der Waals surface area (Å²) in [5, 5.41) is 3.14. The first-order chi connectivity index (χ1) is 12.4. The molecule has 1 N–H and O–H groups in total. The van der Waals surface area contributed by atoms with Crippen LogP contribution in [-0.2, 0) is 20.7 Å². The van der Waals surface area contributed by atoms with Gasteiger partial charge in [0.1, 0.15) is 11.9 Å². The first kappa shape index (κ1) is 20.4. The predicted molar refractivity (Wildman–Crippen MR) is 98.1 cm³/mol. The van der Waals surface area contributed by atoms with Crippen LogP contribution in [0, 0.1) is 5.82 Å². The van der Waals surface area contributed by atoms with E-state index in [1.807, 2.05) is 4.90 Å². The third kappa shape index (κ3) is 5.53. The molecule has 1 aliphatic heterocycles. The average molecular weight is 363 g/mol. The Morgan fingerprint density at radius 2 is 2.04 bits per heavy atom. The highest BCUT2D eigenvalue weighted by Gasteiger charge is 2.31. The third-order valence-corrected chi connectivity index (χ3v) is 4.86. The fourth-order valence-electron chi connectivity index (χ4n) is 3.36. The maximum Gasteiger partial charge on any atom is 0.323 e. The molecule has 5 nitrogen and oxygen atoms in total. The van der Waals surface area contributed by atoms with Gasteiger partial charge in [0.05, 0.1) is 12.6 Å². The van der Waals surface area contributed by atoms with E-state index in [4.69, 9.17) is 4.74 Å². The molecule has 1 aromatic rings. The lowest BCUT2D eigenvalue weighted by atomic mass is 10.0. The van der Waals surface area contributed by atoms with Gasteiger partial charge >= 0.3 is 5.97 Å². The van der Waals surface area contributed by atoms with E-state index >= 15 is 0 Å². The zero-order chi connectivity index (χ0) is 19.1. The Kier molecular flexibility index (Phi) is 7.57. The molecule has 0 spiro atoms. The Labute approximate surface area is 154 Å². The molecule has 2 rings (SSSR count). The van der Waals surface area contributed by atoms with E-state index in [-0.39, 0.29) is 23.7 Å². The predicted octanol–water partition coefficient (Wildman–Crippen LogP) is 2.68. The number of nitrogens with one attached hydrogen (secondary N) is 1. The van der Waals surface area contributed by atoms with E-state index in [1.165, 1.54) is 12.1 Å².